The van der Waals surface area contributed by atoms with Crippen LogP contribution in [-0.2, 0) is 42.7 Å². The van der Waals surface area contributed by atoms with Crippen LogP contribution in [0, 0.1) is 23.7 Å². The molecule has 0 aliphatic carbocycles. The average Bonchev–Trinajstić information content (AvgIpc) is 3.43. The van der Waals surface area contributed by atoms with Crippen molar-refractivity contribution in [3.8, 4) is 0 Å². The summed E-state index contributed by atoms with van der Waals surface area (Å²) in [7, 11) is 8.61. The Morgan fingerprint density at radius 1 is 0.949 bits per heavy atom. The summed E-state index contributed by atoms with van der Waals surface area (Å²) in [5.74, 6) is -5.44. The molecule has 18 atom stereocenters. The van der Waals surface area contributed by atoms with E-state index in [4.69, 9.17) is 37.9 Å². The highest BCUT2D eigenvalue weighted by molar-refractivity contribution is 7.99. The third-order valence-corrected chi connectivity index (χ3v) is 16.8. The molecule has 78 heavy (non-hydrogen) atoms. The number of aromatic nitrogens is 1. The van der Waals surface area contributed by atoms with Gasteiger partial charge in [-0.2, -0.15) is 0 Å². The number of carboxylic acids is 1. The number of oxime groups is 1. The van der Waals surface area contributed by atoms with Crippen molar-refractivity contribution in [2.24, 2.45) is 28.8 Å². The van der Waals surface area contributed by atoms with Crippen molar-refractivity contribution in [2.45, 2.75) is 184 Å². The van der Waals surface area contributed by atoms with E-state index in [0.717, 1.165) is 4.90 Å². The number of cyclic esters (lactones) is 1. The molecule has 1 aromatic heterocycles. The van der Waals surface area contributed by atoms with E-state index in [0.29, 0.717) is 24.3 Å². The van der Waals surface area contributed by atoms with Crippen LogP contribution >= 0.6 is 11.8 Å². The Kier molecular flexibility index (Phi) is 22.4. The third kappa shape index (κ3) is 14.8. The number of pyridine rings is 1. The highest BCUT2D eigenvalue weighted by Gasteiger charge is 2.54. The van der Waals surface area contributed by atoms with Gasteiger partial charge in [0, 0.05) is 80.2 Å². The summed E-state index contributed by atoms with van der Waals surface area (Å²) in [6.45, 7) is 16.9. The van der Waals surface area contributed by atoms with Crippen LogP contribution in [0.4, 0.5) is 4.79 Å². The second-order valence-corrected chi connectivity index (χ2v) is 23.6. The molecule has 7 N–H and O–H groups in total. The molecule has 5 rings (SSSR count). The summed E-state index contributed by atoms with van der Waals surface area (Å²) in [5.41, 5.74) is -5.40. The number of benzene rings is 1. The van der Waals surface area contributed by atoms with E-state index in [1.807, 2.05) is 32.0 Å². The molecule has 2 aromatic rings. The molecule has 4 heterocycles. The van der Waals surface area contributed by atoms with Crippen molar-refractivity contribution in [1.82, 2.24) is 14.9 Å². The van der Waals surface area contributed by atoms with Gasteiger partial charge in [-0.05, 0) is 93.1 Å². The number of alkyl carbamates (subject to hydrolysis) is 1. The molecule has 23 nitrogen and oxygen atoms in total. The first-order valence-electron chi connectivity index (χ1n) is 26.8. The minimum atomic E-state index is -2.04. The molecule has 3 aliphatic rings. The van der Waals surface area contributed by atoms with Crippen molar-refractivity contribution in [3.05, 3.63) is 40.2 Å². The second kappa shape index (κ2) is 27.1. The van der Waals surface area contributed by atoms with Crippen molar-refractivity contribution >= 4 is 46.4 Å². The number of methoxy groups -OCH3 is 1. The van der Waals surface area contributed by atoms with Crippen LogP contribution in [0.2, 0.25) is 0 Å². The van der Waals surface area contributed by atoms with E-state index < -0.39 is 119 Å². The van der Waals surface area contributed by atoms with Gasteiger partial charge in [0.2, 0.25) is 5.43 Å². The van der Waals surface area contributed by atoms with Gasteiger partial charge in [-0.3, -0.25) is 14.3 Å². The molecular formula is C54H87N5O18S. The van der Waals surface area contributed by atoms with Crippen molar-refractivity contribution < 1.29 is 83.0 Å². The molecule has 442 valence electrons. The summed E-state index contributed by atoms with van der Waals surface area (Å²) >= 11 is 1.42. The number of likely N-dealkylation sites (N-methyl/N-ethyl adjacent to an activating group) is 1. The largest absolute Gasteiger partial charge is 0.477 e. The number of aliphatic hydroxyl groups is 4. The highest BCUT2D eigenvalue weighted by atomic mass is 32.2. The number of nitrogens with zero attached hydrogens (tertiary/aromatic N) is 4. The molecule has 0 spiro atoms. The van der Waals surface area contributed by atoms with E-state index in [1.54, 1.807) is 84.4 Å². The number of carboxylic acid groups (broad SMARTS) is 1. The fraction of sp³-hybridized carbons (Fsp3) is 0.759. The Morgan fingerprint density at radius 2 is 1.63 bits per heavy atom. The lowest BCUT2D eigenvalue weighted by Crippen LogP contribution is -2.61. The number of ether oxygens (including phenoxy) is 8. The van der Waals surface area contributed by atoms with Gasteiger partial charge in [-0.15, -0.1) is 11.8 Å². The zero-order chi connectivity index (χ0) is 58.4. The van der Waals surface area contributed by atoms with Crippen LogP contribution in [-0.4, -0.2) is 209 Å². The molecular weight excluding hydrogens is 1040 g/mol. The molecule has 3 saturated heterocycles. The number of esters is 1. The number of amides is 1. The number of fused-ring (bicyclic) bond motifs is 1. The molecule has 24 heteroatoms. The van der Waals surface area contributed by atoms with Crippen molar-refractivity contribution in [3.63, 3.8) is 0 Å². The molecule has 0 unspecified atom stereocenters. The highest BCUT2D eigenvalue weighted by Crippen LogP contribution is 2.42. The van der Waals surface area contributed by atoms with Crippen molar-refractivity contribution in [2.75, 3.05) is 65.8 Å². The van der Waals surface area contributed by atoms with E-state index >= 15 is 0 Å². The summed E-state index contributed by atoms with van der Waals surface area (Å²) < 4.78 is 51.7. The van der Waals surface area contributed by atoms with Crippen LogP contribution < -0.4 is 15.8 Å². The van der Waals surface area contributed by atoms with Gasteiger partial charge in [-0.1, -0.05) is 32.9 Å². The predicted octanol–water partition coefficient (Wildman–Crippen LogP) is 3.80. The Balaban J connectivity index is 1.32. The van der Waals surface area contributed by atoms with Crippen LogP contribution in [0.1, 0.15) is 105 Å². The first-order chi connectivity index (χ1) is 36.4. The van der Waals surface area contributed by atoms with Crippen LogP contribution in [0.5, 0.6) is 0 Å². The number of aliphatic hydroxyl groups excluding tert-OH is 2. The lowest BCUT2D eigenvalue weighted by Gasteiger charge is -2.49. The number of aromatic carboxylic acids is 1. The lowest BCUT2D eigenvalue weighted by molar-refractivity contribution is -0.317. The quantitative estimate of drug-likeness (QED) is 0.0390. The number of thioether (sulfide) groups is 1. The average molecular weight is 1130 g/mol. The summed E-state index contributed by atoms with van der Waals surface area (Å²) in [6, 6.07) is 4.89. The van der Waals surface area contributed by atoms with Gasteiger partial charge in [0.1, 0.15) is 29.0 Å². The van der Waals surface area contributed by atoms with Gasteiger partial charge in [0.05, 0.1) is 66.5 Å². The van der Waals surface area contributed by atoms with E-state index in [2.05, 4.69) is 10.5 Å². The monoisotopic (exact) mass is 1130 g/mol. The smallest absolute Gasteiger partial charge is 0.407 e. The minimum Gasteiger partial charge on any atom is -0.477 e. The zero-order valence-electron chi connectivity index (χ0n) is 47.9. The number of hydrogen-bond donors (Lipinski definition) is 7. The maximum atomic E-state index is 14.5. The normalized spacial score (nSPS) is 36.9. The summed E-state index contributed by atoms with van der Waals surface area (Å²) in [5, 5.41) is 76.3. The molecule has 3 fully saturated rings. The topological polar surface area (TPSA) is 299 Å². The Hall–Kier alpha value is -4.18. The first kappa shape index (κ1) is 64.6. The molecule has 1 amide bonds. The van der Waals surface area contributed by atoms with E-state index in [9.17, 15) is 49.9 Å². The summed E-state index contributed by atoms with van der Waals surface area (Å²) in [4.78, 5) is 55.3. The van der Waals surface area contributed by atoms with E-state index in [-0.39, 0.29) is 61.2 Å². The maximum absolute atomic E-state index is 14.5. The zero-order valence-corrected chi connectivity index (χ0v) is 48.7. The van der Waals surface area contributed by atoms with Gasteiger partial charge in [-0.25, -0.2) is 9.59 Å². The van der Waals surface area contributed by atoms with Crippen LogP contribution in [0.15, 0.2) is 39.2 Å². The molecule has 0 saturated carbocycles. The van der Waals surface area contributed by atoms with Gasteiger partial charge < -0.3 is 83.9 Å². The molecule has 1 aromatic carbocycles. The minimum absolute atomic E-state index is 0.0284. The predicted molar refractivity (Wildman–Crippen MR) is 290 cm³/mol. The standard InChI is InChI=1S/C54H87N5O18S/c1-16-39-54(10,68)45(62)30(4)41(56-69)28(2)25-52(8,67)46(76-50-43(61)38(57(11)12)23-29(3)72-50)31(5)44(32(6)49(65)74-39)75-40-26-53(9,70-15)47(33(7)73-40)77-51(66)55-19-20-71-21-22-78-34-17-18-37-35(24-34)42(60)36(48(63)64)27-59(37)58(13)14/h17-18,24,27-33,38-40,43-47,50,61-62,67-69H,16,19-23,25-26H2,1-15H3,(H,55,66)(H,63,64)/b56-41+/t28-,29-,30+,31+,32-,33+,38+,39-,40+,43-,44+,45-,46-,47+,50+,52-,53-,54-/m1/s1. The maximum Gasteiger partial charge on any atom is 0.407 e. The Bertz CT molecular complexity index is 2440. The third-order valence-electron chi connectivity index (χ3n) is 15.8. The molecule has 0 radical (unpaired) electrons. The van der Waals surface area contributed by atoms with Gasteiger partial charge in [0.15, 0.2) is 18.7 Å². The lowest BCUT2D eigenvalue weighted by atomic mass is 9.73. The van der Waals surface area contributed by atoms with Crippen LogP contribution in [0.25, 0.3) is 10.9 Å². The fourth-order valence-electron chi connectivity index (χ4n) is 11.4. The van der Waals surface area contributed by atoms with Crippen molar-refractivity contribution in [1.29, 1.82) is 0 Å². The number of hydrogen-bond acceptors (Lipinski definition) is 21. The second-order valence-electron chi connectivity index (χ2n) is 22.4. The SMILES string of the molecule is CC[C@H]1OC(=O)[C@H](C)[C@@H](O[C@H]2C[C@@](C)(OC)[C@@H](OC(=O)NCCOCCSc3ccc4c(c3)c(=O)c(C(=O)O)cn4N(C)C)[C@H](C)O2)[C@H](C)[C@@H](O[C@@H]2O[C@H](C)C[C@H](N(C)C)[C@H]2O)[C@](C)(O)C[C@@H](C)/C(=N\O)[C@H](C)[C@@H](O)[C@]1(C)O. The number of carbonyl (C=O) groups excluding carboxylic acids is 2. The van der Waals surface area contributed by atoms with E-state index in [1.165, 1.54) is 38.9 Å². The van der Waals surface area contributed by atoms with Gasteiger partial charge in [0.25, 0.3) is 0 Å². The Morgan fingerprint density at radius 3 is 2.23 bits per heavy atom. The Labute approximate surface area is 461 Å². The number of nitrogens with one attached hydrogen (secondary N) is 1. The fourth-order valence-corrected chi connectivity index (χ4v) is 12.2. The molecule has 3 aliphatic heterocycles. The first-order valence-corrected chi connectivity index (χ1v) is 27.7. The van der Waals surface area contributed by atoms with Crippen LogP contribution in [0.3, 0.4) is 0 Å². The number of rotatable bonds is 17. The summed E-state index contributed by atoms with van der Waals surface area (Å²) in [6.07, 6.45) is -10.1. The number of carbonyl (C=O) groups is 3. The van der Waals surface area contributed by atoms with Gasteiger partial charge >= 0.3 is 18.0 Å². The molecule has 0 bridgehead atoms.